The van der Waals surface area contributed by atoms with Crippen molar-refractivity contribution in [1.29, 1.82) is 0 Å². The average molecular weight is 298 g/mol. The molecule has 1 aliphatic carbocycles. The van der Waals surface area contributed by atoms with Gasteiger partial charge in [0.1, 0.15) is 0 Å². The van der Waals surface area contributed by atoms with E-state index in [1.807, 2.05) is 4.90 Å². The van der Waals surface area contributed by atoms with E-state index in [1.54, 1.807) is 0 Å². The van der Waals surface area contributed by atoms with Gasteiger partial charge in [-0.1, -0.05) is 57.7 Å². The average Bonchev–Trinajstić information content (AvgIpc) is 3.22. The molecule has 3 nitrogen and oxygen atoms in total. The van der Waals surface area contributed by atoms with E-state index in [4.69, 9.17) is 18.0 Å². The van der Waals surface area contributed by atoms with Gasteiger partial charge in [-0.2, -0.15) is 0 Å². The summed E-state index contributed by atoms with van der Waals surface area (Å²) in [6.07, 6.45) is 12.4. The summed E-state index contributed by atoms with van der Waals surface area (Å²) in [5.41, 5.74) is 5.53. The highest BCUT2D eigenvalue weighted by Gasteiger charge is 2.31. The summed E-state index contributed by atoms with van der Waals surface area (Å²) in [7, 11) is 0. The quantitative estimate of drug-likeness (QED) is 0.440. The van der Waals surface area contributed by atoms with E-state index in [0.29, 0.717) is 29.8 Å². The van der Waals surface area contributed by atoms with E-state index in [-0.39, 0.29) is 0 Å². The van der Waals surface area contributed by atoms with Gasteiger partial charge >= 0.3 is 0 Å². The van der Waals surface area contributed by atoms with Gasteiger partial charge in [0.25, 0.3) is 0 Å². The van der Waals surface area contributed by atoms with Crippen LogP contribution < -0.4 is 5.73 Å². The van der Waals surface area contributed by atoms with Gasteiger partial charge in [0.05, 0.1) is 4.99 Å². The summed E-state index contributed by atoms with van der Waals surface area (Å²) in [5.74, 6) is 0.303. The standard InChI is InChI=1S/C16H30N2OS/c1-2-3-4-5-6-7-8-9-16(19)18(14-10-11-14)13-12-15(17)20/h14H,2-13H2,1H3,(H2,17,20). The Hall–Kier alpha value is -0.640. The van der Waals surface area contributed by atoms with Crippen LogP contribution in [0.3, 0.4) is 0 Å². The van der Waals surface area contributed by atoms with E-state index in [2.05, 4.69) is 6.92 Å². The summed E-state index contributed by atoms with van der Waals surface area (Å²) >= 11 is 4.90. The number of nitrogens with zero attached hydrogens (tertiary/aromatic N) is 1. The minimum atomic E-state index is 0.303. The number of unbranched alkanes of at least 4 members (excludes halogenated alkanes) is 6. The molecule has 116 valence electrons. The molecule has 0 heterocycles. The van der Waals surface area contributed by atoms with Gasteiger partial charge in [0.15, 0.2) is 0 Å². The maximum Gasteiger partial charge on any atom is 0.222 e. The number of thiocarbonyl (C=S) groups is 1. The van der Waals surface area contributed by atoms with Gasteiger partial charge in [0.2, 0.25) is 5.91 Å². The van der Waals surface area contributed by atoms with E-state index in [1.165, 1.54) is 38.5 Å². The Bertz CT molecular complexity index is 303. The molecule has 1 amide bonds. The van der Waals surface area contributed by atoms with Gasteiger partial charge in [-0.3, -0.25) is 4.79 Å². The van der Waals surface area contributed by atoms with Crippen LogP contribution in [-0.4, -0.2) is 28.4 Å². The van der Waals surface area contributed by atoms with E-state index in [9.17, 15) is 4.79 Å². The molecule has 0 bridgehead atoms. The van der Waals surface area contributed by atoms with E-state index >= 15 is 0 Å². The van der Waals surface area contributed by atoms with Crippen molar-refractivity contribution in [1.82, 2.24) is 4.90 Å². The number of nitrogens with two attached hydrogens (primary N) is 1. The third kappa shape index (κ3) is 7.83. The number of hydrogen-bond donors (Lipinski definition) is 1. The van der Waals surface area contributed by atoms with Crippen molar-refractivity contribution in [2.75, 3.05) is 6.54 Å². The molecule has 1 saturated carbocycles. The van der Waals surface area contributed by atoms with Crippen LogP contribution in [0, 0.1) is 0 Å². The first kappa shape index (κ1) is 17.4. The maximum absolute atomic E-state index is 12.2. The molecule has 0 aliphatic heterocycles. The lowest BCUT2D eigenvalue weighted by atomic mass is 10.1. The number of carbonyl (C=O) groups excluding carboxylic acids is 1. The van der Waals surface area contributed by atoms with Crippen molar-refractivity contribution in [3.05, 3.63) is 0 Å². The highest BCUT2D eigenvalue weighted by molar-refractivity contribution is 7.80. The molecule has 0 radical (unpaired) electrons. The van der Waals surface area contributed by atoms with Gasteiger partial charge in [-0.25, -0.2) is 0 Å². The molecule has 0 aromatic carbocycles. The topological polar surface area (TPSA) is 46.3 Å². The lowest BCUT2D eigenvalue weighted by Crippen LogP contribution is -2.35. The fourth-order valence-corrected chi connectivity index (χ4v) is 2.60. The van der Waals surface area contributed by atoms with Crippen LogP contribution in [0.5, 0.6) is 0 Å². The highest BCUT2D eigenvalue weighted by atomic mass is 32.1. The number of rotatable bonds is 12. The predicted molar refractivity (Wildman–Crippen MR) is 88.7 cm³/mol. The first-order valence-electron chi connectivity index (χ1n) is 8.23. The summed E-state index contributed by atoms with van der Waals surface area (Å²) in [6, 6.07) is 0.474. The number of hydrogen-bond acceptors (Lipinski definition) is 2. The molecule has 20 heavy (non-hydrogen) atoms. The zero-order valence-corrected chi connectivity index (χ0v) is 13.7. The molecular weight excluding hydrogens is 268 g/mol. The van der Waals surface area contributed by atoms with Crippen LogP contribution in [0.15, 0.2) is 0 Å². The van der Waals surface area contributed by atoms with Crippen LogP contribution in [0.4, 0.5) is 0 Å². The molecule has 1 fully saturated rings. The second-order valence-electron chi connectivity index (χ2n) is 5.91. The molecule has 1 rings (SSSR count). The summed E-state index contributed by atoms with van der Waals surface area (Å²) < 4.78 is 0. The molecule has 0 spiro atoms. The minimum Gasteiger partial charge on any atom is -0.393 e. The van der Waals surface area contributed by atoms with Crippen molar-refractivity contribution < 1.29 is 4.79 Å². The number of amides is 1. The second kappa shape index (κ2) is 10.1. The predicted octanol–water partition coefficient (Wildman–Crippen LogP) is 3.79. The fraction of sp³-hybridized carbons (Fsp3) is 0.875. The molecule has 0 atom stereocenters. The van der Waals surface area contributed by atoms with Crippen molar-refractivity contribution in [3.8, 4) is 0 Å². The van der Waals surface area contributed by atoms with E-state index < -0.39 is 0 Å². The normalized spacial score (nSPS) is 14.2. The van der Waals surface area contributed by atoms with Gasteiger partial charge in [-0.15, -0.1) is 0 Å². The molecular formula is C16H30N2OS. The lowest BCUT2D eigenvalue weighted by Gasteiger charge is -2.22. The van der Waals surface area contributed by atoms with Gasteiger partial charge in [0, 0.05) is 25.4 Å². The molecule has 2 N–H and O–H groups in total. The Balaban J connectivity index is 2.10. The van der Waals surface area contributed by atoms with Gasteiger partial charge in [-0.05, 0) is 19.3 Å². The first-order valence-corrected chi connectivity index (χ1v) is 8.63. The van der Waals surface area contributed by atoms with Crippen LogP contribution in [-0.2, 0) is 4.79 Å². The Morgan fingerprint density at radius 1 is 1.10 bits per heavy atom. The summed E-state index contributed by atoms with van der Waals surface area (Å²) in [5, 5.41) is 0. The molecule has 0 aromatic rings. The Labute approximate surface area is 129 Å². The SMILES string of the molecule is CCCCCCCCCC(=O)N(CCC(N)=S)C1CC1. The van der Waals surface area contributed by atoms with Crippen LogP contribution in [0.25, 0.3) is 0 Å². The first-order chi connectivity index (χ1) is 9.65. The van der Waals surface area contributed by atoms with Crippen LogP contribution in [0.2, 0.25) is 0 Å². The molecule has 0 unspecified atom stereocenters. The molecule has 1 aliphatic rings. The molecule has 0 aromatic heterocycles. The van der Waals surface area contributed by atoms with E-state index in [0.717, 1.165) is 25.8 Å². The number of carbonyl (C=O) groups is 1. The van der Waals surface area contributed by atoms with Crippen LogP contribution >= 0.6 is 12.2 Å². The highest BCUT2D eigenvalue weighted by Crippen LogP contribution is 2.28. The monoisotopic (exact) mass is 298 g/mol. The largest absolute Gasteiger partial charge is 0.393 e. The smallest absolute Gasteiger partial charge is 0.222 e. The van der Waals surface area contributed by atoms with Gasteiger partial charge < -0.3 is 10.6 Å². The Kier molecular flexibility index (Phi) is 8.83. The van der Waals surface area contributed by atoms with Crippen molar-refractivity contribution in [2.24, 2.45) is 5.73 Å². The Morgan fingerprint density at radius 2 is 1.70 bits per heavy atom. The van der Waals surface area contributed by atoms with Crippen molar-refractivity contribution in [2.45, 2.75) is 83.6 Å². The van der Waals surface area contributed by atoms with Crippen LogP contribution in [0.1, 0.15) is 77.6 Å². The second-order valence-corrected chi connectivity index (χ2v) is 6.43. The zero-order chi connectivity index (χ0) is 14.8. The van der Waals surface area contributed by atoms with Crippen molar-refractivity contribution >= 4 is 23.1 Å². The molecule has 4 heteroatoms. The summed E-state index contributed by atoms with van der Waals surface area (Å²) in [6.45, 7) is 2.95. The Morgan fingerprint density at radius 3 is 2.25 bits per heavy atom. The third-order valence-electron chi connectivity index (χ3n) is 3.90. The maximum atomic E-state index is 12.2. The summed E-state index contributed by atoms with van der Waals surface area (Å²) in [4.78, 5) is 14.7. The molecule has 0 saturated heterocycles. The third-order valence-corrected chi connectivity index (χ3v) is 4.11. The zero-order valence-electron chi connectivity index (χ0n) is 12.9. The van der Waals surface area contributed by atoms with Crippen molar-refractivity contribution in [3.63, 3.8) is 0 Å². The minimum absolute atomic E-state index is 0.303. The lowest BCUT2D eigenvalue weighted by molar-refractivity contribution is -0.131. The fourth-order valence-electron chi connectivity index (χ4n) is 2.50.